The topological polar surface area (TPSA) is 76.8 Å². The molecule has 2 heterocycles. The van der Waals surface area contributed by atoms with Gasteiger partial charge in [-0.1, -0.05) is 6.07 Å². The summed E-state index contributed by atoms with van der Waals surface area (Å²) in [7, 11) is 0. The Labute approximate surface area is 164 Å². The third-order valence-corrected chi connectivity index (χ3v) is 6.30. The number of nitrogens with zero attached hydrogens (tertiary/aromatic N) is 2. The van der Waals surface area contributed by atoms with Gasteiger partial charge >= 0.3 is 0 Å². The van der Waals surface area contributed by atoms with Gasteiger partial charge in [0.1, 0.15) is 17.7 Å². The number of halogens is 1. The van der Waals surface area contributed by atoms with Crippen molar-refractivity contribution in [2.45, 2.75) is 37.9 Å². The maximum absolute atomic E-state index is 13.3. The third kappa shape index (κ3) is 4.04. The molecule has 0 amide bonds. The molecular weight excluding hydrogens is 359 g/mol. The predicted molar refractivity (Wildman–Crippen MR) is 103 cm³/mol. The number of likely N-dealkylation sites (tertiary alicyclic amines) is 1. The third-order valence-electron chi connectivity index (χ3n) is 6.30. The number of aryl methyl sites for hydroxylation is 1. The highest BCUT2D eigenvalue weighted by atomic mass is 19.1. The van der Waals surface area contributed by atoms with Crippen molar-refractivity contribution in [3.05, 3.63) is 59.2 Å². The number of hydrogen-bond donors (Lipinski definition) is 3. The summed E-state index contributed by atoms with van der Waals surface area (Å²) in [6, 6.07) is 7.93. The Morgan fingerprint density at radius 1 is 1.21 bits per heavy atom. The maximum atomic E-state index is 13.3. The van der Waals surface area contributed by atoms with Gasteiger partial charge in [-0.2, -0.15) is 0 Å². The van der Waals surface area contributed by atoms with Gasteiger partial charge in [0.2, 0.25) is 0 Å². The van der Waals surface area contributed by atoms with Gasteiger partial charge in [0.05, 0.1) is 17.5 Å². The molecular formula is C22H27FN2O3. The van der Waals surface area contributed by atoms with Gasteiger partial charge in [-0.05, 0) is 67.0 Å². The average molecular weight is 386 g/mol. The van der Waals surface area contributed by atoms with Crippen LogP contribution >= 0.6 is 0 Å². The van der Waals surface area contributed by atoms with Crippen LogP contribution in [-0.2, 0) is 6.42 Å². The van der Waals surface area contributed by atoms with Crippen LogP contribution in [0.3, 0.4) is 0 Å². The van der Waals surface area contributed by atoms with Gasteiger partial charge in [0.15, 0.2) is 0 Å². The standard InChI is InChI=1S/C22H27FN2O3/c1-14-6-18(23)3-2-15(14)7-22(28)8-16-11-25(12-17(16)9-22)13-21(27)20-5-4-19(26)10-24-20/h2-6,10,16-17,21,26-28H,7-9,11-13H2,1H3/t16-,17+,21?,22-. The van der Waals surface area contributed by atoms with E-state index in [4.69, 9.17) is 0 Å². The van der Waals surface area contributed by atoms with Crippen LogP contribution in [-0.4, -0.2) is 50.4 Å². The fourth-order valence-electron chi connectivity index (χ4n) is 5.00. The summed E-state index contributed by atoms with van der Waals surface area (Å²) in [5.74, 6) is 0.660. The van der Waals surface area contributed by atoms with E-state index in [1.165, 1.54) is 24.4 Å². The van der Waals surface area contributed by atoms with E-state index in [2.05, 4.69) is 9.88 Å². The van der Waals surface area contributed by atoms with Crippen molar-refractivity contribution >= 4 is 0 Å². The second-order valence-corrected chi connectivity index (χ2v) is 8.58. The summed E-state index contributed by atoms with van der Waals surface area (Å²) in [6.45, 7) is 4.09. The first-order valence-corrected chi connectivity index (χ1v) is 9.84. The van der Waals surface area contributed by atoms with Crippen molar-refractivity contribution in [1.82, 2.24) is 9.88 Å². The van der Waals surface area contributed by atoms with Crippen LogP contribution in [0, 0.1) is 24.6 Å². The van der Waals surface area contributed by atoms with Crippen molar-refractivity contribution in [2.24, 2.45) is 11.8 Å². The normalized spacial score (nSPS) is 28.4. The second kappa shape index (κ2) is 7.43. The van der Waals surface area contributed by atoms with E-state index in [9.17, 15) is 19.7 Å². The molecule has 0 radical (unpaired) electrons. The molecule has 28 heavy (non-hydrogen) atoms. The molecule has 1 saturated carbocycles. The fraction of sp³-hybridized carbons (Fsp3) is 0.500. The lowest BCUT2D eigenvalue weighted by molar-refractivity contribution is 0.0325. The molecule has 1 unspecified atom stereocenters. The first-order chi connectivity index (χ1) is 13.3. The summed E-state index contributed by atoms with van der Waals surface area (Å²) in [6.07, 6.45) is 2.68. The maximum Gasteiger partial charge on any atom is 0.133 e. The molecule has 0 bridgehead atoms. The van der Waals surface area contributed by atoms with Gasteiger partial charge < -0.3 is 15.3 Å². The van der Waals surface area contributed by atoms with Crippen LogP contribution in [0.2, 0.25) is 0 Å². The minimum atomic E-state index is -0.735. The summed E-state index contributed by atoms with van der Waals surface area (Å²) in [5, 5.41) is 30.9. The van der Waals surface area contributed by atoms with E-state index in [1.807, 2.05) is 6.92 Å². The highest BCUT2D eigenvalue weighted by Crippen LogP contribution is 2.45. The quantitative estimate of drug-likeness (QED) is 0.736. The molecule has 0 spiro atoms. The molecule has 1 aliphatic carbocycles. The van der Waals surface area contributed by atoms with Crippen LogP contribution in [0.15, 0.2) is 36.5 Å². The molecule has 1 saturated heterocycles. The van der Waals surface area contributed by atoms with Crippen molar-refractivity contribution in [1.29, 1.82) is 0 Å². The number of aromatic hydroxyl groups is 1. The van der Waals surface area contributed by atoms with Crippen LogP contribution in [0.1, 0.15) is 35.8 Å². The lowest BCUT2D eigenvalue weighted by Crippen LogP contribution is -2.33. The number of hydrogen-bond acceptors (Lipinski definition) is 5. The van der Waals surface area contributed by atoms with E-state index < -0.39 is 11.7 Å². The number of aromatic nitrogens is 1. The van der Waals surface area contributed by atoms with Crippen molar-refractivity contribution in [2.75, 3.05) is 19.6 Å². The number of rotatable bonds is 5. The zero-order chi connectivity index (χ0) is 19.9. The summed E-state index contributed by atoms with van der Waals surface area (Å²) >= 11 is 0. The lowest BCUT2D eigenvalue weighted by Gasteiger charge is -2.27. The van der Waals surface area contributed by atoms with Gasteiger partial charge in [-0.3, -0.25) is 9.88 Å². The van der Waals surface area contributed by atoms with E-state index in [0.717, 1.165) is 37.1 Å². The Morgan fingerprint density at radius 3 is 2.54 bits per heavy atom. The highest BCUT2D eigenvalue weighted by Gasteiger charge is 2.48. The minimum Gasteiger partial charge on any atom is -0.506 e. The van der Waals surface area contributed by atoms with E-state index in [0.29, 0.717) is 30.5 Å². The lowest BCUT2D eigenvalue weighted by atomic mass is 9.89. The van der Waals surface area contributed by atoms with Crippen LogP contribution in [0.5, 0.6) is 5.75 Å². The molecule has 1 aliphatic heterocycles. The van der Waals surface area contributed by atoms with Gasteiger partial charge in [-0.15, -0.1) is 0 Å². The number of fused-ring (bicyclic) bond motifs is 1. The van der Waals surface area contributed by atoms with Crippen LogP contribution in [0.4, 0.5) is 4.39 Å². The molecule has 150 valence electrons. The Bertz CT molecular complexity index is 828. The number of β-amino-alcohol motifs (C(OH)–C–C–N with tert-alkyl or cyclic N) is 1. The van der Waals surface area contributed by atoms with Crippen molar-refractivity contribution < 1.29 is 19.7 Å². The molecule has 3 N–H and O–H groups in total. The van der Waals surface area contributed by atoms with Gasteiger partial charge in [0, 0.05) is 26.1 Å². The fourth-order valence-corrected chi connectivity index (χ4v) is 5.00. The van der Waals surface area contributed by atoms with E-state index in [-0.39, 0.29) is 11.6 Å². The Balaban J connectivity index is 1.34. The first-order valence-electron chi connectivity index (χ1n) is 9.84. The zero-order valence-corrected chi connectivity index (χ0v) is 16.1. The Hall–Kier alpha value is -2.02. The number of aliphatic hydroxyl groups is 2. The molecule has 5 nitrogen and oxygen atoms in total. The first kappa shape index (κ1) is 19.3. The SMILES string of the molecule is Cc1cc(F)ccc1C[C@]1(O)C[C@H]2CN(CC(O)c3ccc(O)cn3)C[C@H]2C1. The van der Waals surface area contributed by atoms with Gasteiger partial charge in [-0.25, -0.2) is 4.39 Å². The molecule has 4 atom stereocenters. The van der Waals surface area contributed by atoms with E-state index >= 15 is 0 Å². The molecule has 2 aliphatic rings. The number of pyridine rings is 1. The van der Waals surface area contributed by atoms with Crippen molar-refractivity contribution in [3.63, 3.8) is 0 Å². The number of aliphatic hydroxyl groups excluding tert-OH is 1. The molecule has 1 aromatic heterocycles. The van der Waals surface area contributed by atoms with Gasteiger partial charge in [0.25, 0.3) is 0 Å². The Morgan fingerprint density at radius 2 is 1.93 bits per heavy atom. The predicted octanol–water partition coefficient (Wildman–Crippen LogP) is 2.58. The number of benzene rings is 1. The molecule has 2 aromatic rings. The largest absolute Gasteiger partial charge is 0.506 e. The smallest absolute Gasteiger partial charge is 0.133 e. The molecule has 2 fully saturated rings. The van der Waals surface area contributed by atoms with E-state index in [1.54, 1.807) is 12.1 Å². The monoisotopic (exact) mass is 386 g/mol. The van der Waals surface area contributed by atoms with Crippen LogP contribution in [0.25, 0.3) is 0 Å². The summed E-state index contributed by atoms with van der Waals surface area (Å²) in [5.41, 5.74) is 1.71. The summed E-state index contributed by atoms with van der Waals surface area (Å²) in [4.78, 5) is 6.32. The minimum absolute atomic E-state index is 0.0855. The highest BCUT2D eigenvalue weighted by molar-refractivity contribution is 5.28. The zero-order valence-electron chi connectivity index (χ0n) is 16.1. The summed E-state index contributed by atoms with van der Waals surface area (Å²) < 4.78 is 13.3. The molecule has 4 rings (SSSR count). The van der Waals surface area contributed by atoms with Crippen molar-refractivity contribution in [3.8, 4) is 5.75 Å². The van der Waals surface area contributed by atoms with Crippen LogP contribution < -0.4 is 0 Å². The Kier molecular flexibility index (Phi) is 5.12. The molecule has 1 aromatic carbocycles. The average Bonchev–Trinajstić information content (AvgIpc) is 3.12. The second-order valence-electron chi connectivity index (χ2n) is 8.58. The molecule has 6 heteroatoms.